The zero-order valence-electron chi connectivity index (χ0n) is 11.3. The SMILES string of the molecule is CCOC(=O)[C@H](C)[C@@]1(O)CCCc2c(F)cccc21. The van der Waals surface area contributed by atoms with Gasteiger partial charge in [-0.05, 0) is 50.3 Å². The molecule has 19 heavy (non-hydrogen) atoms. The molecule has 1 aromatic rings. The molecule has 0 bridgehead atoms. The molecule has 0 radical (unpaired) electrons. The van der Waals surface area contributed by atoms with Gasteiger partial charge in [-0.1, -0.05) is 12.1 Å². The van der Waals surface area contributed by atoms with Gasteiger partial charge in [-0.3, -0.25) is 4.79 Å². The van der Waals surface area contributed by atoms with E-state index in [2.05, 4.69) is 0 Å². The number of ether oxygens (including phenoxy) is 1. The molecule has 0 saturated heterocycles. The van der Waals surface area contributed by atoms with Crippen molar-refractivity contribution in [2.45, 2.75) is 38.7 Å². The van der Waals surface area contributed by atoms with E-state index in [1.807, 2.05) is 0 Å². The second kappa shape index (κ2) is 5.29. The molecule has 0 unspecified atom stereocenters. The Labute approximate surface area is 112 Å². The van der Waals surface area contributed by atoms with Crippen LogP contribution in [0.1, 0.15) is 37.8 Å². The second-order valence-electron chi connectivity index (χ2n) is 5.02. The van der Waals surface area contributed by atoms with Crippen molar-refractivity contribution < 1.29 is 19.0 Å². The average molecular weight is 266 g/mol. The maximum absolute atomic E-state index is 13.8. The van der Waals surface area contributed by atoms with Gasteiger partial charge >= 0.3 is 5.97 Å². The summed E-state index contributed by atoms with van der Waals surface area (Å²) in [6.07, 6.45) is 1.71. The third kappa shape index (κ3) is 2.37. The predicted octanol–water partition coefficient (Wildman–Crippen LogP) is 2.55. The van der Waals surface area contributed by atoms with Crippen molar-refractivity contribution in [3.63, 3.8) is 0 Å². The zero-order valence-corrected chi connectivity index (χ0v) is 11.3. The van der Waals surface area contributed by atoms with E-state index >= 15 is 0 Å². The maximum atomic E-state index is 13.8. The van der Waals surface area contributed by atoms with Gasteiger partial charge in [0.1, 0.15) is 11.4 Å². The summed E-state index contributed by atoms with van der Waals surface area (Å²) in [4.78, 5) is 11.9. The average Bonchev–Trinajstić information content (AvgIpc) is 2.39. The molecule has 0 saturated carbocycles. The monoisotopic (exact) mass is 266 g/mol. The number of benzene rings is 1. The van der Waals surface area contributed by atoms with Gasteiger partial charge in [-0.2, -0.15) is 0 Å². The normalized spacial score (nSPS) is 23.6. The summed E-state index contributed by atoms with van der Waals surface area (Å²) >= 11 is 0. The molecule has 0 fully saturated rings. The number of esters is 1. The molecule has 0 heterocycles. The largest absolute Gasteiger partial charge is 0.466 e. The molecule has 1 aliphatic carbocycles. The summed E-state index contributed by atoms with van der Waals surface area (Å²) in [5, 5.41) is 10.8. The molecule has 0 spiro atoms. The minimum Gasteiger partial charge on any atom is -0.466 e. The Morgan fingerprint density at radius 3 is 3.00 bits per heavy atom. The number of rotatable bonds is 3. The Balaban J connectivity index is 2.41. The summed E-state index contributed by atoms with van der Waals surface area (Å²) in [5.74, 6) is -1.46. The second-order valence-corrected chi connectivity index (χ2v) is 5.02. The topological polar surface area (TPSA) is 46.5 Å². The molecule has 0 amide bonds. The fraction of sp³-hybridized carbons (Fsp3) is 0.533. The number of halogens is 1. The lowest BCUT2D eigenvalue weighted by Gasteiger charge is -2.38. The molecular weight excluding hydrogens is 247 g/mol. The maximum Gasteiger partial charge on any atom is 0.311 e. The van der Waals surface area contributed by atoms with Gasteiger partial charge in [0.05, 0.1) is 12.5 Å². The number of fused-ring (bicyclic) bond motifs is 1. The van der Waals surface area contributed by atoms with Gasteiger partial charge in [0.2, 0.25) is 0 Å². The van der Waals surface area contributed by atoms with E-state index in [1.165, 1.54) is 6.07 Å². The fourth-order valence-electron chi connectivity index (χ4n) is 2.80. The van der Waals surface area contributed by atoms with Crippen molar-refractivity contribution in [2.24, 2.45) is 5.92 Å². The lowest BCUT2D eigenvalue weighted by Crippen LogP contribution is -2.42. The van der Waals surface area contributed by atoms with Gasteiger partial charge in [-0.25, -0.2) is 4.39 Å². The quantitative estimate of drug-likeness (QED) is 0.855. The van der Waals surface area contributed by atoms with Gasteiger partial charge in [-0.15, -0.1) is 0 Å². The summed E-state index contributed by atoms with van der Waals surface area (Å²) in [6.45, 7) is 3.64. The molecule has 2 rings (SSSR count). The standard InChI is InChI=1S/C15H19FO3/c1-3-19-14(17)10(2)15(18)9-5-6-11-12(15)7-4-8-13(11)16/h4,7-8,10,18H,3,5-6,9H2,1-2H3/t10-,15-/m0/s1. The van der Waals surface area contributed by atoms with Crippen LogP contribution in [0, 0.1) is 11.7 Å². The zero-order chi connectivity index (χ0) is 14.0. The van der Waals surface area contributed by atoms with Gasteiger partial charge in [0, 0.05) is 0 Å². The Morgan fingerprint density at radius 1 is 1.58 bits per heavy atom. The predicted molar refractivity (Wildman–Crippen MR) is 69.0 cm³/mol. The summed E-state index contributed by atoms with van der Waals surface area (Å²) < 4.78 is 18.8. The minimum atomic E-state index is -1.33. The van der Waals surface area contributed by atoms with Gasteiger partial charge < -0.3 is 9.84 Å². The van der Waals surface area contributed by atoms with Crippen LogP contribution in [-0.4, -0.2) is 17.7 Å². The van der Waals surface area contributed by atoms with Crippen molar-refractivity contribution in [3.8, 4) is 0 Å². The van der Waals surface area contributed by atoms with Crippen LogP contribution in [0.4, 0.5) is 4.39 Å². The number of aliphatic hydroxyl groups is 1. The molecule has 2 atom stereocenters. The Morgan fingerprint density at radius 2 is 2.32 bits per heavy atom. The minimum absolute atomic E-state index is 0.273. The first-order valence-corrected chi connectivity index (χ1v) is 6.67. The van der Waals surface area contributed by atoms with Crippen LogP contribution in [0.15, 0.2) is 18.2 Å². The van der Waals surface area contributed by atoms with E-state index in [0.29, 0.717) is 30.4 Å². The third-order valence-electron chi connectivity index (χ3n) is 3.93. The third-order valence-corrected chi connectivity index (χ3v) is 3.93. The summed E-state index contributed by atoms with van der Waals surface area (Å²) in [7, 11) is 0. The molecule has 0 aliphatic heterocycles. The highest BCUT2D eigenvalue weighted by molar-refractivity contribution is 5.74. The molecule has 4 heteroatoms. The highest BCUT2D eigenvalue weighted by atomic mass is 19.1. The van der Waals surface area contributed by atoms with Crippen LogP contribution in [0.2, 0.25) is 0 Å². The van der Waals surface area contributed by atoms with Crippen LogP contribution in [0.3, 0.4) is 0 Å². The molecule has 3 nitrogen and oxygen atoms in total. The molecule has 104 valence electrons. The highest BCUT2D eigenvalue weighted by Crippen LogP contribution is 2.41. The first kappa shape index (κ1) is 14.0. The first-order valence-electron chi connectivity index (χ1n) is 6.67. The lowest BCUT2D eigenvalue weighted by molar-refractivity contribution is -0.159. The number of hydrogen-bond acceptors (Lipinski definition) is 3. The van der Waals surface area contributed by atoms with Crippen LogP contribution in [0.25, 0.3) is 0 Å². The van der Waals surface area contributed by atoms with E-state index in [-0.39, 0.29) is 12.4 Å². The van der Waals surface area contributed by atoms with Crippen molar-refractivity contribution in [1.29, 1.82) is 0 Å². The molecular formula is C15H19FO3. The molecule has 1 aromatic carbocycles. The summed E-state index contributed by atoms with van der Waals surface area (Å²) in [6, 6.07) is 4.66. The number of hydrogen-bond donors (Lipinski definition) is 1. The first-order chi connectivity index (χ1) is 9.00. The highest BCUT2D eigenvalue weighted by Gasteiger charge is 2.44. The Bertz CT molecular complexity index is 486. The van der Waals surface area contributed by atoms with Crippen molar-refractivity contribution >= 4 is 5.97 Å². The van der Waals surface area contributed by atoms with Crippen molar-refractivity contribution in [2.75, 3.05) is 6.61 Å². The smallest absolute Gasteiger partial charge is 0.311 e. The fourth-order valence-corrected chi connectivity index (χ4v) is 2.80. The molecule has 0 aromatic heterocycles. The Hall–Kier alpha value is -1.42. The van der Waals surface area contributed by atoms with Crippen molar-refractivity contribution in [1.82, 2.24) is 0 Å². The van der Waals surface area contributed by atoms with E-state index in [0.717, 1.165) is 0 Å². The number of carbonyl (C=O) groups excluding carboxylic acids is 1. The van der Waals surface area contributed by atoms with Crippen LogP contribution in [-0.2, 0) is 21.6 Å². The Kier molecular flexibility index (Phi) is 3.90. The van der Waals surface area contributed by atoms with Gasteiger partial charge in [0.25, 0.3) is 0 Å². The van der Waals surface area contributed by atoms with Crippen LogP contribution in [0.5, 0.6) is 0 Å². The lowest BCUT2D eigenvalue weighted by atomic mass is 9.72. The van der Waals surface area contributed by atoms with Crippen LogP contribution < -0.4 is 0 Å². The molecule has 1 aliphatic rings. The van der Waals surface area contributed by atoms with E-state index in [9.17, 15) is 14.3 Å². The van der Waals surface area contributed by atoms with E-state index in [1.54, 1.807) is 26.0 Å². The number of carbonyl (C=O) groups is 1. The van der Waals surface area contributed by atoms with E-state index < -0.39 is 17.5 Å². The van der Waals surface area contributed by atoms with E-state index in [4.69, 9.17) is 4.74 Å². The molecule has 1 N–H and O–H groups in total. The summed E-state index contributed by atoms with van der Waals surface area (Å²) in [5.41, 5.74) is -0.284. The van der Waals surface area contributed by atoms with Gasteiger partial charge in [0.15, 0.2) is 0 Å². The van der Waals surface area contributed by atoms with Crippen LogP contribution >= 0.6 is 0 Å². The van der Waals surface area contributed by atoms with Crippen molar-refractivity contribution in [3.05, 3.63) is 35.1 Å².